The van der Waals surface area contributed by atoms with Crippen LogP contribution in [0.1, 0.15) is 11.1 Å². The summed E-state index contributed by atoms with van der Waals surface area (Å²) >= 11 is 6.06. The smallest absolute Gasteiger partial charge is 0.270 e. The molecular weight excluding hydrogens is 296 g/mol. The molecule has 0 atom stereocenters. The molecule has 108 valence electrons. The molecule has 0 aromatic heterocycles. The molecule has 1 N–H and O–H groups in total. The molecule has 0 unspecified atom stereocenters. The van der Waals surface area contributed by atoms with Gasteiger partial charge in [-0.1, -0.05) is 28.9 Å². The van der Waals surface area contributed by atoms with E-state index in [0.29, 0.717) is 11.3 Å². The van der Waals surface area contributed by atoms with E-state index in [2.05, 4.69) is 5.16 Å². The number of rotatable bonds is 4. The van der Waals surface area contributed by atoms with E-state index in [1.165, 1.54) is 25.3 Å². The first kappa shape index (κ1) is 14.8. The number of ether oxygens (including phenoxy) is 1. The third-order valence-electron chi connectivity index (χ3n) is 2.88. The summed E-state index contributed by atoms with van der Waals surface area (Å²) in [4.78, 5) is 10.3. The van der Waals surface area contributed by atoms with Gasteiger partial charge in [-0.3, -0.25) is 10.1 Å². The fourth-order valence-electron chi connectivity index (χ4n) is 1.90. The Balaban J connectivity index is 2.62. The lowest BCUT2D eigenvalue weighted by atomic mass is 10.0. The van der Waals surface area contributed by atoms with Gasteiger partial charge < -0.3 is 9.94 Å². The highest BCUT2D eigenvalue weighted by molar-refractivity contribution is 6.35. The zero-order chi connectivity index (χ0) is 15.4. The molecule has 21 heavy (non-hydrogen) atoms. The van der Waals surface area contributed by atoms with Crippen LogP contribution in [0.15, 0.2) is 47.6 Å². The zero-order valence-corrected chi connectivity index (χ0v) is 11.7. The van der Waals surface area contributed by atoms with Crippen LogP contribution in [0, 0.1) is 10.1 Å². The van der Waals surface area contributed by atoms with Gasteiger partial charge in [0.15, 0.2) is 0 Å². The monoisotopic (exact) mass is 306 g/mol. The summed E-state index contributed by atoms with van der Waals surface area (Å²) < 4.78 is 5.20. The largest absolute Gasteiger partial charge is 0.496 e. The minimum Gasteiger partial charge on any atom is -0.496 e. The van der Waals surface area contributed by atoms with Crippen molar-refractivity contribution in [3.8, 4) is 5.75 Å². The maximum Gasteiger partial charge on any atom is 0.270 e. The van der Waals surface area contributed by atoms with Crippen LogP contribution in [-0.2, 0) is 0 Å². The van der Waals surface area contributed by atoms with Gasteiger partial charge in [0.2, 0.25) is 0 Å². The van der Waals surface area contributed by atoms with Crippen LogP contribution in [0.2, 0.25) is 5.02 Å². The molecule has 7 heteroatoms. The lowest BCUT2D eigenvalue weighted by Crippen LogP contribution is -2.07. The second-order valence-electron chi connectivity index (χ2n) is 4.07. The number of nitrogens with zero attached hydrogens (tertiary/aromatic N) is 2. The van der Waals surface area contributed by atoms with Crippen molar-refractivity contribution in [2.75, 3.05) is 7.11 Å². The molecular formula is C14H11ClN2O4. The Labute approximate surface area is 125 Å². The Bertz CT molecular complexity index is 716. The van der Waals surface area contributed by atoms with Crippen LogP contribution in [-0.4, -0.2) is 23.0 Å². The molecule has 0 aliphatic carbocycles. The SMILES string of the molecule is COc1ccccc1/C(=N\O)c1cc([N+](=O)[O-])ccc1Cl. The van der Waals surface area contributed by atoms with Gasteiger partial charge in [-0.2, -0.15) is 0 Å². The molecule has 0 fully saturated rings. The van der Waals surface area contributed by atoms with E-state index >= 15 is 0 Å². The number of para-hydroxylation sites is 1. The Morgan fingerprint density at radius 3 is 2.62 bits per heavy atom. The van der Waals surface area contributed by atoms with E-state index < -0.39 is 4.92 Å². The predicted molar refractivity (Wildman–Crippen MR) is 78.5 cm³/mol. The number of nitro groups is 1. The molecule has 2 rings (SSSR count). The molecule has 0 aliphatic heterocycles. The van der Waals surface area contributed by atoms with Crippen molar-refractivity contribution in [3.63, 3.8) is 0 Å². The Hall–Kier alpha value is -2.60. The van der Waals surface area contributed by atoms with Gasteiger partial charge in [0.1, 0.15) is 11.5 Å². The molecule has 0 saturated carbocycles. The van der Waals surface area contributed by atoms with Crippen molar-refractivity contribution in [2.24, 2.45) is 5.16 Å². The molecule has 0 spiro atoms. The van der Waals surface area contributed by atoms with Gasteiger partial charge in [-0.25, -0.2) is 0 Å². The first-order valence-electron chi connectivity index (χ1n) is 5.88. The second kappa shape index (κ2) is 6.23. The van der Waals surface area contributed by atoms with Crippen molar-refractivity contribution in [3.05, 3.63) is 68.7 Å². The maximum absolute atomic E-state index is 10.9. The summed E-state index contributed by atoms with van der Waals surface area (Å²) in [5.74, 6) is 0.466. The van der Waals surface area contributed by atoms with E-state index in [-0.39, 0.29) is 22.0 Å². The number of non-ortho nitro benzene ring substituents is 1. The van der Waals surface area contributed by atoms with Gasteiger partial charge in [0.25, 0.3) is 5.69 Å². The molecule has 2 aromatic carbocycles. The fourth-order valence-corrected chi connectivity index (χ4v) is 2.11. The summed E-state index contributed by atoms with van der Waals surface area (Å²) in [6, 6.07) is 10.8. The number of methoxy groups -OCH3 is 1. The number of benzene rings is 2. The highest BCUT2D eigenvalue weighted by Gasteiger charge is 2.19. The van der Waals surface area contributed by atoms with Crippen LogP contribution in [0.3, 0.4) is 0 Å². The second-order valence-corrected chi connectivity index (χ2v) is 4.48. The number of hydrogen-bond acceptors (Lipinski definition) is 5. The minimum absolute atomic E-state index is 0.0983. The van der Waals surface area contributed by atoms with Crippen LogP contribution in [0.4, 0.5) is 5.69 Å². The maximum atomic E-state index is 10.9. The highest BCUT2D eigenvalue weighted by Crippen LogP contribution is 2.28. The first-order chi connectivity index (χ1) is 10.1. The average molecular weight is 307 g/mol. The minimum atomic E-state index is -0.545. The first-order valence-corrected chi connectivity index (χ1v) is 6.26. The van der Waals surface area contributed by atoms with Crippen molar-refractivity contribution < 1.29 is 14.9 Å². The molecule has 2 aromatic rings. The molecule has 6 nitrogen and oxygen atoms in total. The highest BCUT2D eigenvalue weighted by atomic mass is 35.5. The number of hydrogen-bond donors (Lipinski definition) is 1. The van der Waals surface area contributed by atoms with Crippen molar-refractivity contribution in [2.45, 2.75) is 0 Å². The summed E-state index contributed by atoms with van der Waals surface area (Å²) in [6.07, 6.45) is 0. The van der Waals surface area contributed by atoms with E-state index in [9.17, 15) is 15.3 Å². The Morgan fingerprint density at radius 2 is 2.00 bits per heavy atom. The van der Waals surface area contributed by atoms with Gasteiger partial charge in [0.05, 0.1) is 17.1 Å². The van der Waals surface area contributed by atoms with Crippen LogP contribution < -0.4 is 4.74 Å². The van der Waals surface area contributed by atoms with E-state index in [0.717, 1.165) is 0 Å². The summed E-state index contributed by atoms with van der Waals surface area (Å²) in [7, 11) is 1.48. The van der Waals surface area contributed by atoms with Crippen LogP contribution >= 0.6 is 11.6 Å². The normalized spacial score (nSPS) is 11.2. The van der Waals surface area contributed by atoms with Gasteiger partial charge in [0, 0.05) is 23.3 Å². The number of nitro benzene ring substituents is 1. The summed E-state index contributed by atoms with van der Waals surface area (Å²) in [6.45, 7) is 0. The van der Waals surface area contributed by atoms with E-state index in [1.54, 1.807) is 24.3 Å². The summed E-state index contributed by atoms with van der Waals surface area (Å²) in [5, 5.41) is 23.6. The zero-order valence-electron chi connectivity index (χ0n) is 11.0. The molecule has 0 saturated heterocycles. The quantitative estimate of drug-likeness (QED) is 0.405. The molecule has 0 aliphatic rings. The van der Waals surface area contributed by atoms with E-state index in [4.69, 9.17) is 16.3 Å². The van der Waals surface area contributed by atoms with Gasteiger partial charge in [-0.15, -0.1) is 0 Å². The fraction of sp³-hybridized carbons (Fsp3) is 0.0714. The topological polar surface area (TPSA) is 85.0 Å². The van der Waals surface area contributed by atoms with E-state index in [1.807, 2.05) is 0 Å². The number of oxime groups is 1. The van der Waals surface area contributed by atoms with Gasteiger partial charge >= 0.3 is 0 Å². The van der Waals surface area contributed by atoms with Crippen LogP contribution in [0.25, 0.3) is 0 Å². The standard InChI is InChI=1S/C14H11ClN2O4/c1-21-13-5-3-2-4-10(13)14(16-18)11-8-9(17(19)20)6-7-12(11)15/h2-8,18H,1H3/b16-14+. The molecule has 0 amide bonds. The predicted octanol–water partition coefficient (Wildman–Crippen LogP) is 3.48. The third-order valence-corrected chi connectivity index (χ3v) is 3.21. The Kier molecular flexibility index (Phi) is 4.39. The summed E-state index contributed by atoms with van der Waals surface area (Å²) in [5.41, 5.74) is 0.675. The third kappa shape index (κ3) is 2.95. The average Bonchev–Trinajstić information content (AvgIpc) is 2.50. The van der Waals surface area contributed by atoms with Crippen molar-refractivity contribution >= 4 is 23.0 Å². The van der Waals surface area contributed by atoms with Gasteiger partial charge in [-0.05, 0) is 18.2 Å². The number of halogens is 1. The molecule has 0 bridgehead atoms. The Morgan fingerprint density at radius 1 is 1.29 bits per heavy atom. The lowest BCUT2D eigenvalue weighted by Gasteiger charge is -2.11. The lowest BCUT2D eigenvalue weighted by molar-refractivity contribution is -0.384. The molecule has 0 radical (unpaired) electrons. The van der Waals surface area contributed by atoms with Crippen molar-refractivity contribution in [1.29, 1.82) is 0 Å². The molecule has 0 heterocycles. The van der Waals surface area contributed by atoms with Crippen molar-refractivity contribution in [1.82, 2.24) is 0 Å². The van der Waals surface area contributed by atoms with Crippen LogP contribution in [0.5, 0.6) is 5.75 Å².